The van der Waals surface area contributed by atoms with Crippen molar-refractivity contribution in [2.45, 2.75) is 32.2 Å². The van der Waals surface area contributed by atoms with Gasteiger partial charge in [-0.2, -0.15) is 0 Å². The third-order valence-corrected chi connectivity index (χ3v) is 5.14. The molecule has 1 amide bonds. The number of halogens is 2. The highest BCUT2D eigenvalue weighted by Gasteiger charge is 2.30. The van der Waals surface area contributed by atoms with Crippen molar-refractivity contribution in [3.63, 3.8) is 0 Å². The number of hydrogen-bond donors (Lipinski definition) is 3. The lowest BCUT2D eigenvalue weighted by molar-refractivity contribution is -0.117. The van der Waals surface area contributed by atoms with Gasteiger partial charge in [0.05, 0.1) is 30.5 Å². The van der Waals surface area contributed by atoms with Gasteiger partial charge in [-0.05, 0) is 25.0 Å². The Kier molecular flexibility index (Phi) is 5.45. The minimum atomic E-state index is -2.93. The van der Waals surface area contributed by atoms with Crippen LogP contribution in [0.2, 0.25) is 0 Å². The topological polar surface area (TPSA) is 105 Å². The van der Waals surface area contributed by atoms with Crippen LogP contribution in [-0.4, -0.2) is 39.6 Å². The molecule has 1 saturated carbocycles. The minimum Gasteiger partial charge on any atom is -0.492 e. The van der Waals surface area contributed by atoms with Crippen LogP contribution in [0.3, 0.4) is 0 Å². The predicted molar refractivity (Wildman–Crippen MR) is 115 cm³/mol. The van der Waals surface area contributed by atoms with Crippen LogP contribution < -0.4 is 15.4 Å². The number of carbonyl (C=O) groups excluding carboxylic acids is 1. The van der Waals surface area contributed by atoms with Gasteiger partial charge in [0.25, 0.3) is 5.92 Å². The first-order chi connectivity index (χ1) is 15.2. The summed E-state index contributed by atoms with van der Waals surface area (Å²) in [7, 11) is 1.41. The first kappa shape index (κ1) is 21.5. The maximum Gasteiger partial charge on any atom is 0.339 e. The highest BCUT2D eigenvalue weighted by atomic mass is 19.3. The van der Waals surface area contributed by atoms with Crippen LogP contribution in [-0.2, 0) is 11.3 Å². The van der Waals surface area contributed by atoms with Crippen LogP contribution in [0.5, 0.6) is 5.75 Å². The van der Waals surface area contributed by atoms with E-state index in [0.717, 1.165) is 26.0 Å². The highest BCUT2D eigenvalue weighted by molar-refractivity contribution is 5.99. The van der Waals surface area contributed by atoms with Crippen molar-refractivity contribution >= 4 is 40.0 Å². The van der Waals surface area contributed by atoms with E-state index in [1.54, 1.807) is 24.4 Å². The number of carboxylic acids is 1. The summed E-state index contributed by atoms with van der Waals surface area (Å²) in [5.74, 6) is -3.86. The lowest BCUT2D eigenvalue weighted by Gasteiger charge is -2.18. The van der Waals surface area contributed by atoms with Crippen LogP contribution in [0.25, 0.3) is 10.9 Å². The zero-order valence-corrected chi connectivity index (χ0v) is 17.5. The lowest BCUT2D eigenvalue weighted by atomic mass is 10.1. The van der Waals surface area contributed by atoms with Crippen molar-refractivity contribution in [1.82, 2.24) is 9.55 Å². The highest BCUT2D eigenvalue weighted by Crippen LogP contribution is 2.38. The Morgan fingerprint density at radius 2 is 2.03 bits per heavy atom. The molecule has 1 aliphatic rings. The van der Waals surface area contributed by atoms with Gasteiger partial charge in [0.2, 0.25) is 5.91 Å². The third-order valence-electron chi connectivity index (χ3n) is 5.14. The summed E-state index contributed by atoms with van der Waals surface area (Å²) in [6, 6.07) is 6.52. The van der Waals surface area contributed by atoms with E-state index in [1.807, 2.05) is 0 Å². The monoisotopic (exact) mass is 444 g/mol. The summed E-state index contributed by atoms with van der Waals surface area (Å²) in [6.07, 6.45) is 4.34. The molecule has 3 N–H and O–H groups in total. The molecule has 2 heterocycles. The summed E-state index contributed by atoms with van der Waals surface area (Å²) < 4.78 is 34.2. The van der Waals surface area contributed by atoms with Crippen LogP contribution in [0.1, 0.15) is 30.1 Å². The largest absolute Gasteiger partial charge is 0.492 e. The summed E-state index contributed by atoms with van der Waals surface area (Å²) in [6.45, 7) is 0.296. The molecule has 0 atom stereocenters. The van der Waals surface area contributed by atoms with Crippen LogP contribution in [0.4, 0.5) is 26.0 Å². The predicted octanol–water partition coefficient (Wildman–Crippen LogP) is 4.49. The molecule has 10 heteroatoms. The molecule has 4 rings (SSSR count). The van der Waals surface area contributed by atoms with Crippen LogP contribution >= 0.6 is 0 Å². The average molecular weight is 444 g/mol. The summed E-state index contributed by atoms with van der Waals surface area (Å²) in [5.41, 5.74) is 0.891. The van der Waals surface area contributed by atoms with Gasteiger partial charge in [-0.3, -0.25) is 4.79 Å². The van der Waals surface area contributed by atoms with Crippen molar-refractivity contribution in [3.05, 3.63) is 42.2 Å². The molecule has 0 aliphatic heterocycles. The molecular formula is C22H22F2N4O4. The van der Waals surface area contributed by atoms with Gasteiger partial charge in [0, 0.05) is 36.7 Å². The Labute approximate surface area is 182 Å². The number of rotatable bonds is 8. The van der Waals surface area contributed by atoms with E-state index >= 15 is 0 Å². The molecule has 0 spiro atoms. The number of benzene rings is 1. The number of amides is 1. The molecular weight excluding hydrogens is 422 g/mol. The quantitative estimate of drug-likeness (QED) is 0.473. The Balaban J connectivity index is 1.73. The first-order valence-corrected chi connectivity index (χ1v) is 10.0. The number of anilines is 3. The van der Waals surface area contributed by atoms with Crippen molar-refractivity contribution in [1.29, 1.82) is 0 Å². The number of methoxy groups -OCH3 is 1. The van der Waals surface area contributed by atoms with E-state index in [4.69, 9.17) is 4.74 Å². The van der Waals surface area contributed by atoms with Gasteiger partial charge in [0.15, 0.2) is 5.75 Å². The number of fused-ring (bicyclic) bond motifs is 1. The van der Waals surface area contributed by atoms with Crippen LogP contribution in [0, 0.1) is 5.92 Å². The zero-order valence-electron chi connectivity index (χ0n) is 17.5. The fourth-order valence-corrected chi connectivity index (χ4v) is 3.51. The van der Waals surface area contributed by atoms with Gasteiger partial charge in [-0.1, -0.05) is 6.07 Å². The second-order valence-corrected chi connectivity index (χ2v) is 7.91. The molecule has 0 radical (unpaired) electrons. The second-order valence-electron chi connectivity index (χ2n) is 7.91. The van der Waals surface area contributed by atoms with Gasteiger partial charge in [-0.25, -0.2) is 18.6 Å². The van der Waals surface area contributed by atoms with Gasteiger partial charge < -0.3 is 25.0 Å². The molecule has 168 valence electrons. The molecule has 2 aromatic heterocycles. The number of alkyl halides is 2. The van der Waals surface area contributed by atoms with Gasteiger partial charge in [-0.15, -0.1) is 0 Å². The average Bonchev–Trinajstić information content (AvgIpc) is 3.50. The summed E-state index contributed by atoms with van der Waals surface area (Å²) in [4.78, 5) is 27.8. The van der Waals surface area contributed by atoms with Crippen molar-refractivity contribution in [2.75, 3.05) is 17.7 Å². The molecule has 1 aromatic carbocycles. The molecule has 0 bridgehead atoms. The zero-order chi connectivity index (χ0) is 23.0. The molecule has 1 aliphatic carbocycles. The smallest absolute Gasteiger partial charge is 0.339 e. The Bertz CT molecular complexity index is 1200. The number of carbonyl (C=O) groups is 2. The van der Waals surface area contributed by atoms with E-state index in [0.29, 0.717) is 16.6 Å². The van der Waals surface area contributed by atoms with Crippen molar-refractivity contribution < 1.29 is 28.2 Å². The van der Waals surface area contributed by atoms with E-state index in [9.17, 15) is 23.5 Å². The van der Waals surface area contributed by atoms with Crippen molar-refractivity contribution in [2.24, 2.45) is 5.92 Å². The molecule has 0 unspecified atom stereocenters. The molecule has 1 fully saturated rings. The summed E-state index contributed by atoms with van der Waals surface area (Å²) >= 11 is 0. The van der Waals surface area contributed by atoms with E-state index in [2.05, 4.69) is 15.6 Å². The number of nitrogens with zero attached hydrogens (tertiary/aromatic N) is 2. The van der Waals surface area contributed by atoms with E-state index in [-0.39, 0.29) is 34.6 Å². The van der Waals surface area contributed by atoms with Gasteiger partial charge in [0.1, 0.15) is 11.4 Å². The van der Waals surface area contributed by atoms with E-state index < -0.39 is 18.4 Å². The minimum absolute atomic E-state index is 0.0423. The first-order valence-electron chi connectivity index (χ1n) is 10.0. The van der Waals surface area contributed by atoms with Crippen LogP contribution in [0.15, 0.2) is 36.7 Å². The number of aromatic carboxylic acids is 1. The summed E-state index contributed by atoms with van der Waals surface area (Å²) in [5, 5.41) is 16.0. The normalized spacial score (nSPS) is 13.8. The van der Waals surface area contributed by atoms with Gasteiger partial charge >= 0.3 is 5.97 Å². The number of nitrogens with one attached hydrogen (secondary N) is 2. The second kappa shape index (κ2) is 8.10. The molecule has 0 saturated heterocycles. The molecule has 3 aromatic rings. The third kappa shape index (κ3) is 4.48. The fourth-order valence-electron chi connectivity index (χ4n) is 3.51. The number of pyridine rings is 1. The fraction of sp³-hybridized carbons (Fsp3) is 0.318. The number of hydrogen-bond acceptors (Lipinski definition) is 5. The SMILES string of the molecule is COc1c(Nc2cc(NC(=O)C3CC3)ncc2C(=O)O)ccc2ccn(CC(C)(F)F)c12. The lowest BCUT2D eigenvalue weighted by Crippen LogP contribution is -2.18. The van der Waals surface area contributed by atoms with Crippen molar-refractivity contribution in [3.8, 4) is 5.75 Å². The van der Waals surface area contributed by atoms with E-state index in [1.165, 1.54) is 17.7 Å². The molecule has 32 heavy (non-hydrogen) atoms. The number of carboxylic acid groups (broad SMARTS) is 1. The Hall–Kier alpha value is -3.69. The Morgan fingerprint density at radius 1 is 1.28 bits per heavy atom. The molecule has 8 nitrogen and oxygen atoms in total. The maximum absolute atomic E-state index is 13.7. The standard InChI is InChI=1S/C22H22F2N4O4/c1-22(23,24)11-28-8-7-12-5-6-15(19(32-2)18(12)28)26-16-9-17(25-10-14(16)21(30)31)27-20(29)13-3-4-13/h5-10,13H,3-4,11H2,1-2H3,(H,30,31)(H2,25,26,27,29). The number of aromatic nitrogens is 2. The Morgan fingerprint density at radius 3 is 2.66 bits per heavy atom. The number of ether oxygens (including phenoxy) is 1. The maximum atomic E-state index is 13.7.